The molecule has 4 nitrogen and oxygen atoms in total. The molecule has 2 aromatic heterocycles. The highest BCUT2D eigenvalue weighted by Crippen LogP contribution is 2.26. The van der Waals surface area contributed by atoms with Crippen molar-refractivity contribution in [3.8, 4) is 11.5 Å². The van der Waals surface area contributed by atoms with Crippen molar-refractivity contribution in [2.45, 2.75) is 6.54 Å². The molecule has 0 saturated carbocycles. The molecule has 0 atom stereocenters. The van der Waals surface area contributed by atoms with E-state index in [-0.39, 0.29) is 0 Å². The van der Waals surface area contributed by atoms with Crippen molar-refractivity contribution in [2.24, 2.45) is 5.73 Å². The van der Waals surface area contributed by atoms with E-state index in [0.29, 0.717) is 6.54 Å². The number of hydrogen-bond acceptors (Lipinski definition) is 3. The molecule has 102 valence electrons. The minimum atomic E-state index is 0.525. The van der Waals surface area contributed by atoms with Crippen molar-refractivity contribution in [3.05, 3.63) is 60.3 Å². The summed E-state index contributed by atoms with van der Waals surface area (Å²) in [6.45, 7) is 0.525. The van der Waals surface area contributed by atoms with Gasteiger partial charge in [-0.15, -0.1) is 0 Å². The van der Waals surface area contributed by atoms with Crippen LogP contribution < -0.4 is 5.73 Å². The highest BCUT2D eigenvalue weighted by Gasteiger charge is 2.10. The summed E-state index contributed by atoms with van der Waals surface area (Å²) in [6.07, 6.45) is 1.82. The summed E-state index contributed by atoms with van der Waals surface area (Å²) >= 11 is 0. The Morgan fingerprint density at radius 1 is 1.05 bits per heavy atom. The second-order valence-electron chi connectivity index (χ2n) is 5.02. The van der Waals surface area contributed by atoms with E-state index in [2.05, 4.69) is 27.1 Å². The van der Waals surface area contributed by atoms with Crippen LogP contribution in [-0.4, -0.2) is 15.0 Å². The number of imidazole rings is 1. The van der Waals surface area contributed by atoms with Gasteiger partial charge in [-0.1, -0.05) is 30.3 Å². The first-order valence-electron chi connectivity index (χ1n) is 6.88. The molecular weight excluding hydrogens is 260 g/mol. The molecule has 0 radical (unpaired) electrons. The second kappa shape index (κ2) is 4.68. The fraction of sp³-hybridized carbons (Fsp3) is 0.0588. The van der Waals surface area contributed by atoms with Crippen molar-refractivity contribution in [2.75, 3.05) is 0 Å². The van der Waals surface area contributed by atoms with Gasteiger partial charge < -0.3 is 10.7 Å². The van der Waals surface area contributed by atoms with Crippen LogP contribution in [0.4, 0.5) is 0 Å². The molecule has 0 aliphatic carbocycles. The first kappa shape index (κ1) is 12.1. The predicted octanol–water partition coefficient (Wildman–Crippen LogP) is 3.24. The minimum Gasteiger partial charge on any atom is -0.337 e. The lowest BCUT2D eigenvalue weighted by Gasteiger charge is -2.01. The average molecular weight is 274 g/mol. The SMILES string of the molecule is NCc1ccc2nc(-c3nccc4ccccc34)[nH]c2c1. The van der Waals surface area contributed by atoms with Gasteiger partial charge in [-0.2, -0.15) is 0 Å². The first-order chi connectivity index (χ1) is 10.3. The Balaban J connectivity index is 1.96. The highest BCUT2D eigenvalue weighted by molar-refractivity contribution is 5.94. The fourth-order valence-electron chi connectivity index (χ4n) is 2.60. The molecule has 21 heavy (non-hydrogen) atoms. The van der Waals surface area contributed by atoms with Crippen LogP contribution >= 0.6 is 0 Å². The van der Waals surface area contributed by atoms with Crippen LogP contribution in [0.15, 0.2) is 54.7 Å². The van der Waals surface area contributed by atoms with Gasteiger partial charge in [-0.3, -0.25) is 4.98 Å². The number of rotatable bonds is 2. The van der Waals surface area contributed by atoms with Gasteiger partial charge in [0.1, 0.15) is 5.69 Å². The van der Waals surface area contributed by atoms with Gasteiger partial charge in [0.25, 0.3) is 0 Å². The summed E-state index contributed by atoms with van der Waals surface area (Å²) in [4.78, 5) is 12.5. The zero-order chi connectivity index (χ0) is 14.2. The van der Waals surface area contributed by atoms with E-state index < -0.39 is 0 Å². The van der Waals surface area contributed by atoms with Gasteiger partial charge in [0.15, 0.2) is 5.82 Å². The van der Waals surface area contributed by atoms with Gasteiger partial charge >= 0.3 is 0 Å². The topological polar surface area (TPSA) is 67.6 Å². The number of hydrogen-bond donors (Lipinski definition) is 2. The lowest BCUT2D eigenvalue weighted by Crippen LogP contribution is -1.95. The Kier molecular flexibility index (Phi) is 2.69. The number of aromatic amines is 1. The molecule has 0 saturated heterocycles. The first-order valence-corrected chi connectivity index (χ1v) is 6.88. The molecule has 0 bridgehead atoms. The largest absolute Gasteiger partial charge is 0.337 e. The van der Waals surface area contributed by atoms with E-state index in [1.165, 1.54) is 0 Å². The number of pyridine rings is 1. The summed E-state index contributed by atoms with van der Waals surface area (Å²) in [5, 5.41) is 2.25. The van der Waals surface area contributed by atoms with Crippen LogP contribution in [0.2, 0.25) is 0 Å². The summed E-state index contributed by atoms with van der Waals surface area (Å²) < 4.78 is 0. The normalized spacial score (nSPS) is 11.3. The third-order valence-electron chi connectivity index (χ3n) is 3.68. The lowest BCUT2D eigenvalue weighted by molar-refractivity contribution is 1.07. The number of H-pyrrole nitrogens is 1. The quantitative estimate of drug-likeness (QED) is 0.589. The number of nitrogens with two attached hydrogens (primary N) is 1. The van der Waals surface area contributed by atoms with Gasteiger partial charge in [-0.25, -0.2) is 4.98 Å². The Morgan fingerprint density at radius 2 is 1.95 bits per heavy atom. The number of aromatic nitrogens is 3. The predicted molar refractivity (Wildman–Crippen MR) is 84.7 cm³/mol. The number of benzene rings is 2. The monoisotopic (exact) mass is 274 g/mol. The summed E-state index contributed by atoms with van der Waals surface area (Å²) in [7, 11) is 0. The van der Waals surface area contributed by atoms with E-state index >= 15 is 0 Å². The van der Waals surface area contributed by atoms with Crippen LogP contribution in [0.5, 0.6) is 0 Å². The van der Waals surface area contributed by atoms with E-state index in [1.807, 2.05) is 42.6 Å². The molecule has 2 aromatic carbocycles. The maximum atomic E-state index is 5.69. The minimum absolute atomic E-state index is 0.525. The third kappa shape index (κ3) is 1.97. The number of fused-ring (bicyclic) bond motifs is 2. The van der Waals surface area contributed by atoms with E-state index in [4.69, 9.17) is 5.73 Å². The Bertz CT molecular complexity index is 934. The number of nitrogens with one attached hydrogen (secondary N) is 1. The Morgan fingerprint density at radius 3 is 2.86 bits per heavy atom. The van der Waals surface area contributed by atoms with Gasteiger partial charge in [0.05, 0.1) is 11.0 Å². The molecule has 3 N–H and O–H groups in total. The fourth-order valence-corrected chi connectivity index (χ4v) is 2.60. The molecule has 0 amide bonds. The van der Waals surface area contributed by atoms with Crippen molar-refractivity contribution in [1.82, 2.24) is 15.0 Å². The molecule has 0 aliphatic heterocycles. The lowest BCUT2D eigenvalue weighted by atomic mass is 10.1. The van der Waals surface area contributed by atoms with E-state index in [1.54, 1.807) is 0 Å². The van der Waals surface area contributed by atoms with Crippen molar-refractivity contribution < 1.29 is 0 Å². The van der Waals surface area contributed by atoms with Crippen LogP contribution in [0.3, 0.4) is 0 Å². The highest BCUT2D eigenvalue weighted by atomic mass is 14.9. The molecule has 4 aromatic rings. The summed E-state index contributed by atoms with van der Waals surface area (Å²) in [5.74, 6) is 0.788. The zero-order valence-corrected chi connectivity index (χ0v) is 11.4. The maximum absolute atomic E-state index is 5.69. The standard InChI is InChI=1S/C17H14N4/c18-10-11-5-6-14-15(9-11)21-17(20-14)16-13-4-2-1-3-12(13)7-8-19-16/h1-9H,10,18H2,(H,20,21). The van der Waals surface area contributed by atoms with Crippen LogP contribution in [-0.2, 0) is 6.54 Å². The molecule has 0 fully saturated rings. The molecule has 4 rings (SSSR count). The second-order valence-corrected chi connectivity index (χ2v) is 5.02. The van der Waals surface area contributed by atoms with E-state index in [0.717, 1.165) is 38.9 Å². The molecule has 0 unspecified atom stereocenters. The summed E-state index contributed by atoms with van der Waals surface area (Å²) in [5.41, 5.74) is 9.56. The third-order valence-corrected chi connectivity index (χ3v) is 3.68. The van der Waals surface area contributed by atoms with Crippen LogP contribution in [0.1, 0.15) is 5.56 Å². The zero-order valence-electron chi connectivity index (χ0n) is 11.4. The van der Waals surface area contributed by atoms with Crippen LogP contribution in [0.25, 0.3) is 33.3 Å². The molecule has 0 spiro atoms. The van der Waals surface area contributed by atoms with Gasteiger partial charge in [0, 0.05) is 18.1 Å². The van der Waals surface area contributed by atoms with Crippen molar-refractivity contribution >= 4 is 21.8 Å². The Labute approximate surface area is 121 Å². The van der Waals surface area contributed by atoms with Crippen LogP contribution in [0, 0.1) is 0 Å². The Hall–Kier alpha value is -2.72. The molecule has 4 heteroatoms. The van der Waals surface area contributed by atoms with Crippen molar-refractivity contribution in [1.29, 1.82) is 0 Å². The van der Waals surface area contributed by atoms with Crippen molar-refractivity contribution in [3.63, 3.8) is 0 Å². The molecular formula is C17H14N4. The molecule has 0 aliphatic rings. The maximum Gasteiger partial charge on any atom is 0.157 e. The smallest absolute Gasteiger partial charge is 0.157 e. The van der Waals surface area contributed by atoms with E-state index in [9.17, 15) is 0 Å². The van der Waals surface area contributed by atoms with Gasteiger partial charge in [-0.05, 0) is 29.1 Å². The molecule has 2 heterocycles. The average Bonchev–Trinajstić information content (AvgIpc) is 2.97. The number of nitrogens with zero attached hydrogens (tertiary/aromatic N) is 2. The van der Waals surface area contributed by atoms with Gasteiger partial charge in [0.2, 0.25) is 0 Å². The summed E-state index contributed by atoms with van der Waals surface area (Å²) in [6, 6.07) is 16.2.